The van der Waals surface area contributed by atoms with Crippen LogP contribution in [0.5, 0.6) is 0 Å². The molecule has 0 saturated carbocycles. The lowest BCUT2D eigenvalue weighted by Gasteiger charge is -2.34. The Kier molecular flexibility index (Phi) is 8.83. The van der Waals surface area contributed by atoms with E-state index in [9.17, 15) is 39.5 Å². The number of hydrogen-bond acceptors (Lipinski definition) is 6. The van der Waals surface area contributed by atoms with E-state index in [1.807, 2.05) is 0 Å². The number of nitrogens with two attached hydrogens (primary N) is 1. The standard InChI is InChI=1S/C31H30F9N7/c1-17-11-24-25(5-4-10-46(15-19-6-8-23(41)9-7-19)27(24)18(2)26(17)31(38,39)40)47(28-42-44-45(3)43-28)16-20-12-21(29(32,33)34)14-22(13-20)30(35,36)37/h6-9,11-14,25H,4-5,10,15-16,41H2,1-3H3/t25-/m0/s1. The number of nitrogens with zero attached hydrogens (tertiary/aromatic N) is 6. The van der Waals surface area contributed by atoms with Crippen molar-refractivity contribution in [3.63, 3.8) is 0 Å². The van der Waals surface area contributed by atoms with Gasteiger partial charge in [0.2, 0.25) is 0 Å². The largest absolute Gasteiger partial charge is 0.416 e. The quantitative estimate of drug-likeness (QED) is 0.165. The number of anilines is 3. The highest BCUT2D eigenvalue weighted by Gasteiger charge is 2.41. The summed E-state index contributed by atoms with van der Waals surface area (Å²) < 4.78 is 126. The molecule has 0 amide bonds. The molecule has 0 bridgehead atoms. The second kappa shape index (κ2) is 12.3. The van der Waals surface area contributed by atoms with Crippen molar-refractivity contribution in [3.8, 4) is 0 Å². The van der Waals surface area contributed by atoms with E-state index >= 15 is 0 Å². The molecule has 2 heterocycles. The number of rotatable bonds is 6. The monoisotopic (exact) mass is 671 g/mol. The van der Waals surface area contributed by atoms with Crippen LogP contribution >= 0.6 is 0 Å². The Morgan fingerprint density at radius 2 is 1.47 bits per heavy atom. The molecule has 7 nitrogen and oxygen atoms in total. The summed E-state index contributed by atoms with van der Waals surface area (Å²) in [5.74, 6) is -0.114. The minimum absolute atomic E-state index is 0.0375. The van der Waals surface area contributed by atoms with Crippen molar-refractivity contribution in [2.24, 2.45) is 7.05 Å². The summed E-state index contributed by atoms with van der Waals surface area (Å²) in [5.41, 5.74) is 3.46. The third-order valence-electron chi connectivity index (χ3n) is 8.12. The molecule has 3 aromatic carbocycles. The van der Waals surface area contributed by atoms with Crippen molar-refractivity contribution in [3.05, 3.63) is 93.0 Å². The van der Waals surface area contributed by atoms with Gasteiger partial charge in [-0.2, -0.15) is 44.3 Å². The highest BCUT2D eigenvalue weighted by atomic mass is 19.4. The number of tetrazole rings is 1. The summed E-state index contributed by atoms with van der Waals surface area (Å²) in [6.45, 7) is 2.67. The molecule has 1 aliphatic rings. The zero-order valence-corrected chi connectivity index (χ0v) is 25.4. The molecule has 0 radical (unpaired) electrons. The third kappa shape index (κ3) is 7.25. The normalized spacial score (nSPS) is 15.8. The third-order valence-corrected chi connectivity index (χ3v) is 8.12. The Labute approximate surface area is 263 Å². The van der Waals surface area contributed by atoms with E-state index in [-0.39, 0.29) is 47.4 Å². The average molecular weight is 672 g/mol. The first-order valence-corrected chi connectivity index (χ1v) is 14.4. The highest BCUT2D eigenvalue weighted by Crippen LogP contribution is 2.47. The van der Waals surface area contributed by atoms with E-state index in [0.717, 1.165) is 10.4 Å². The van der Waals surface area contributed by atoms with Gasteiger partial charge in [0, 0.05) is 31.0 Å². The van der Waals surface area contributed by atoms with Crippen LogP contribution < -0.4 is 15.5 Å². The second-order valence-corrected chi connectivity index (χ2v) is 11.6. The van der Waals surface area contributed by atoms with Gasteiger partial charge in [-0.3, -0.25) is 0 Å². The molecule has 2 N–H and O–H groups in total. The fourth-order valence-electron chi connectivity index (χ4n) is 6.20. The van der Waals surface area contributed by atoms with Gasteiger partial charge in [-0.15, -0.1) is 5.10 Å². The van der Waals surface area contributed by atoms with E-state index < -0.39 is 47.8 Å². The van der Waals surface area contributed by atoms with Gasteiger partial charge < -0.3 is 15.5 Å². The number of nitrogen functional groups attached to an aromatic ring is 1. The predicted molar refractivity (Wildman–Crippen MR) is 156 cm³/mol. The van der Waals surface area contributed by atoms with Crippen molar-refractivity contribution >= 4 is 17.3 Å². The number of aromatic nitrogens is 4. The summed E-state index contributed by atoms with van der Waals surface area (Å²) in [4.78, 5) is 4.28. The van der Waals surface area contributed by atoms with E-state index in [2.05, 4.69) is 15.4 Å². The molecule has 0 spiro atoms. The molecule has 0 aliphatic carbocycles. The lowest BCUT2D eigenvalue weighted by Crippen LogP contribution is -2.31. The van der Waals surface area contributed by atoms with Crippen molar-refractivity contribution in [1.82, 2.24) is 20.2 Å². The van der Waals surface area contributed by atoms with Gasteiger partial charge >= 0.3 is 18.5 Å². The minimum Gasteiger partial charge on any atom is -0.399 e. The van der Waals surface area contributed by atoms with E-state index in [4.69, 9.17) is 5.73 Å². The first-order chi connectivity index (χ1) is 21.8. The van der Waals surface area contributed by atoms with E-state index in [1.165, 1.54) is 31.9 Å². The van der Waals surface area contributed by atoms with Crippen LogP contribution in [0.25, 0.3) is 0 Å². The molecule has 1 atom stereocenters. The molecular formula is C31H30F9N7. The van der Waals surface area contributed by atoms with Crippen LogP contribution in [-0.4, -0.2) is 26.8 Å². The lowest BCUT2D eigenvalue weighted by molar-refractivity contribution is -0.143. The molecule has 252 valence electrons. The molecule has 4 aromatic rings. The van der Waals surface area contributed by atoms with E-state index in [1.54, 1.807) is 29.2 Å². The maximum Gasteiger partial charge on any atom is 0.416 e. The number of benzene rings is 3. The maximum absolute atomic E-state index is 14.4. The topological polar surface area (TPSA) is 76.1 Å². The molecule has 47 heavy (non-hydrogen) atoms. The Hall–Kier alpha value is -4.50. The molecule has 0 saturated heterocycles. The molecular weight excluding hydrogens is 641 g/mol. The van der Waals surface area contributed by atoms with Gasteiger partial charge in [0.05, 0.1) is 29.8 Å². The average Bonchev–Trinajstić information content (AvgIpc) is 3.30. The lowest BCUT2D eigenvalue weighted by atomic mass is 9.90. The fraction of sp³-hybridized carbons (Fsp3) is 0.387. The maximum atomic E-state index is 14.4. The Bertz CT molecular complexity index is 1710. The van der Waals surface area contributed by atoms with Crippen LogP contribution in [0.1, 0.15) is 63.4 Å². The van der Waals surface area contributed by atoms with Crippen LogP contribution in [0.15, 0.2) is 48.5 Å². The number of fused-ring (bicyclic) bond motifs is 1. The Balaban J connectivity index is 1.70. The van der Waals surface area contributed by atoms with Crippen molar-refractivity contribution in [1.29, 1.82) is 0 Å². The zero-order chi connectivity index (χ0) is 34.5. The van der Waals surface area contributed by atoms with E-state index in [0.29, 0.717) is 36.3 Å². The summed E-state index contributed by atoms with van der Waals surface area (Å²) in [6.07, 6.45) is -14.2. The smallest absolute Gasteiger partial charge is 0.399 e. The first-order valence-electron chi connectivity index (χ1n) is 14.4. The number of aryl methyl sites for hydroxylation is 2. The van der Waals surface area contributed by atoms with Crippen LogP contribution in [0, 0.1) is 13.8 Å². The molecule has 1 aliphatic heterocycles. The summed E-state index contributed by atoms with van der Waals surface area (Å²) in [6, 6.07) is 8.66. The van der Waals surface area contributed by atoms with Crippen molar-refractivity contribution in [2.45, 2.75) is 64.3 Å². The summed E-state index contributed by atoms with van der Waals surface area (Å²) in [5, 5.41) is 12.0. The molecule has 5 rings (SSSR count). The SMILES string of the molecule is Cc1cc2c(c(C)c1C(F)(F)F)N(Cc1ccc(N)cc1)CCC[C@@H]2N(Cc1cc(C(F)(F)F)cc(C(F)(F)F)c1)c1nnn(C)n1. The van der Waals surface area contributed by atoms with Gasteiger partial charge in [0.1, 0.15) is 0 Å². The first kappa shape index (κ1) is 33.9. The molecule has 0 unspecified atom stereocenters. The minimum atomic E-state index is -5.08. The van der Waals surface area contributed by atoms with Crippen LogP contribution in [-0.2, 0) is 38.7 Å². The fourth-order valence-corrected chi connectivity index (χ4v) is 6.20. The van der Waals surface area contributed by atoms with Gasteiger partial charge in [-0.25, -0.2) is 0 Å². The van der Waals surface area contributed by atoms with Crippen LogP contribution in [0.2, 0.25) is 0 Å². The van der Waals surface area contributed by atoms with Crippen LogP contribution in [0.4, 0.5) is 56.8 Å². The highest BCUT2D eigenvalue weighted by molar-refractivity contribution is 5.67. The molecule has 0 fully saturated rings. The number of halogens is 9. The number of alkyl halides is 9. The molecule has 16 heteroatoms. The summed E-state index contributed by atoms with van der Waals surface area (Å²) in [7, 11) is 1.43. The van der Waals surface area contributed by atoms with Crippen molar-refractivity contribution in [2.75, 3.05) is 22.1 Å². The zero-order valence-electron chi connectivity index (χ0n) is 25.4. The van der Waals surface area contributed by atoms with Gasteiger partial charge in [0.25, 0.3) is 5.95 Å². The van der Waals surface area contributed by atoms with Gasteiger partial charge in [-0.1, -0.05) is 23.3 Å². The van der Waals surface area contributed by atoms with Crippen LogP contribution in [0.3, 0.4) is 0 Å². The second-order valence-electron chi connectivity index (χ2n) is 11.6. The predicted octanol–water partition coefficient (Wildman–Crippen LogP) is 8.01. The van der Waals surface area contributed by atoms with Gasteiger partial charge in [0.15, 0.2) is 0 Å². The Morgan fingerprint density at radius 1 is 0.851 bits per heavy atom. The van der Waals surface area contributed by atoms with Gasteiger partial charge in [-0.05, 0) is 90.1 Å². The number of hydrogen-bond donors (Lipinski definition) is 1. The summed E-state index contributed by atoms with van der Waals surface area (Å²) >= 11 is 0. The molecule has 1 aromatic heterocycles. The Morgan fingerprint density at radius 3 is 2.00 bits per heavy atom. The van der Waals surface area contributed by atoms with Crippen molar-refractivity contribution < 1.29 is 39.5 Å².